The van der Waals surface area contributed by atoms with Crippen molar-refractivity contribution in [3.8, 4) is 5.75 Å². The molecule has 598 valence electrons. The minimum absolute atomic E-state index is 0.0703. The molecular weight excluding hydrogens is 1550 g/mol. The largest absolute Gasteiger partial charge is 0.495 e. The van der Waals surface area contributed by atoms with Crippen LogP contribution in [0.2, 0.25) is 0 Å². The summed E-state index contributed by atoms with van der Waals surface area (Å²) in [6.07, 6.45) is 32.6. The Morgan fingerprint density at radius 2 is 0.652 bits per heavy atom. The van der Waals surface area contributed by atoms with Gasteiger partial charge in [-0.2, -0.15) is 26.3 Å². The van der Waals surface area contributed by atoms with E-state index in [1.165, 1.54) is 109 Å². The van der Waals surface area contributed by atoms with Crippen LogP contribution in [0, 0.1) is 39.1 Å². The average molecular weight is 1660 g/mol. The molecule has 0 saturated heterocycles. The zero-order valence-corrected chi connectivity index (χ0v) is 66.1. The third-order valence-corrected chi connectivity index (χ3v) is 24.5. The molecular formula is C86H103F6IN12O7. The number of aliphatic hydroxyl groups is 6. The van der Waals surface area contributed by atoms with Crippen molar-refractivity contribution >= 4 is 61.3 Å². The highest BCUT2D eigenvalue weighted by Gasteiger charge is 2.43. The number of pyridine rings is 6. The van der Waals surface area contributed by atoms with Crippen LogP contribution in [-0.4, -0.2) is 94.1 Å². The lowest BCUT2D eigenvalue weighted by atomic mass is 9.82. The number of aromatic nitrogens is 12. The van der Waals surface area contributed by atoms with Crippen molar-refractivity contribution in [2.45, 2.75) is 223 Å². The van der Waals surface area contributed by atoms with Gasteiger partial charge in [-0.05, 0) is 225 Å². The Bertz CT molecular complexity index is 5110. The second-order valence-electron chi connectivity index (χ2n) is 31.6. The summed E-state index contributed by atoms with van der Waals surface area (Å²) >= 11 is 2.27. The average Bonchev–Trinajstić information content (AvgIpc) is 0.962. The number of imidazole rings is 6. The van der Waals surface area contributed by atoms with Gasteiger partial charge in [0.2, 0.25) is 0 Å². The first-order valence-corrected chi connectivity index (χ1v) is 40.8. The summed E-state index contributed by atoms with van der Waals surface area (Å²) in [4.78, 5) is 24.4. The van der Waals surface area contributed by atoms with Gasteiger partial charge in [0.1, 0.15) is 11.9 Å². The molecule has 6 unspecified atom stereocenters. The molecule has 0 aromatic carbocycles. The van der Waals surface area contributed by atoms with Gasteiger partial charge in [-0.3, -0.25) is 22.0 Å². The lowest BCUT2D eigenvalue weighted by molar-refractivity contribution is -0.140. The SMILES string of the molecule is C=C(C)c1ccc2cncn2c1C(O)C1CCCCC1.CC(C)c1ccc2cncn2c1C(O)C1CCCCC1.COc1ccc2cncn2c1C(O)C1CCCCC1.OC(c1c(C(F)(F)F)ccc2cncn12)C1CC1.OC(c1c(C(F)(F)F)ccc2cncn12)C1CCCC1.OC(c1c(I)ccc2cncn12)C1CC1. The molecule has 6 N–H and O–H groups in total. The smallest absolute Gasteiger partial charge is 0.418 e. The molecule has 0 bridgehead atoms. The summed E-state index contributed by atoms with van der Waals surface area (Å²) in [6.45, 7) is 10.4. The van der Waals surface area contributed by atoms with Crippen molar-refractivity contribution in [3.05, 3.63) is 215 Å². The van der Waals surface area contributed by atoms with E-state index in [9.17, 15) is 57.0 Å². The Balaban J connectivity index is 0.000000118. The number of alkyl halides is 6. The predicted octanol–water partition coefficient (Wildman–Crippen LogP) is 19.8. The Hall–Kier alpha value is -8.25. The number of nitrogens with zero attached hydrogens (tertiary/aromatic N) is 12. The standard InChI is InChI=1S/C17H24N2O.C17H22N2O.C15H20N2O2.C14H15F3N2O.C12H11F3N2O.C11H11IN2O/c2*1-12(2)15-9-8-14-10-18-11-19(14)16(15)17(20)13-6-4-3-5-7-13;1-19-13-8-7-12-9-16-10-17(12)14(13)15(18)11-5-3-2-4-6-11;15-14(16,17)11-6-5-10-7-18-8-19(10)12(11)13(20)9-3-1-2-4-9;13-12(14,15)9-4-3-8-5-16-6-17(8)10(9)11(18)7-1-2-7;12-9-4-3-8-5-13-6-14(8)10(9)11(15)7-1-2-7/h8-13,17,20H,3-7H2,1-2H3;8-11,13,17,20H,1,3-7H2,2H3;7-11,15,18H,2-6H2,1H3;5-9,13,20H,1-4H2;3-7,11,18H,1-2H2;3-7,11,15H,1-2H2. The first-order valence-electron chi connectivity index (χ1n) is 39.7. The summed E-state index contributed by atoms with van der Waals surface area (Å²) in [7, 11) is 1.65. The monoisotopic (exact) mass is 1660 g/mol. The van der Waals surface area contributed by atoms with Gasteiger partial charge in [0.25, 0.3) is 0 Å². The number of hydrogen-bond donors (Lipinski definition) is 6. The molecule has 12 aromatic rings. The number of aliphatic hydroxyl groups excluding tert-OH is 6. The van der Waals surface area contributed by atoms with Crippen molar-refractivity contribution in [2.24, 2.45) is 35.5 Å². The third-order valence-electron chi connectivity index (χ3n) is 23.5. The number of allylic oxidation sites excluding steroid dienone is 1. The zero-order valence-electron chi connectivity index (χ0n) is 63.9. The maximum absolute atomic E-state index is 13.2. The quantitative estimate of drug-likeness (QED) is 0.0414. The molecule has 0 aliphatic heterocycles. The second-order valence-corrected chi connectivity index (χ2v) is 32.7. The Kier molecular flexibility index (Phi) is 26.3. The van der Waals surface area contributed by atoms with Crippen molar-refractivity contribution in [2.75, 3.05) is 7.11 Å². The summed E-state index contributed by atoms with van der Waals surface area (Å²) in [5.74, 6) is 2.51. The van der Waals surface area contributed by atoms with Crippen molar-refractivity contribution in [3.63, 3.8) is 0 Å². The summed E-state index contributed by atoms with van der Waals surface area (Å²) in [5, 5.41) is 63.3. The second kappa shape index (κ2) is 36.1. The van der Waals surface area contributed by atoms with Gasteiger partial charge in [-0.1, -0.05) is 103 Å². The number of rotatable bonds is 15. The van der Waals surface area contributed by atoms with Crippen LogP contribution in [0.25, 0.3) is 38.7 Å². The van der Waals surface area contributed by atoms with Gasteiger partial charge in [0.05, 0.1) is 191 Å². The molecule has 6 atom stereocenters. The highest BCUT2D eigenvalue weighted by atomic mass is 127. The molecule has 18 rings (SSSR count). The van der Waals surface area contributed by atoms with Crippen molar-refractivity contribution < 1.29 is 61.7 Å². The van der Waals surface area contributed by atoms with E-state index in [2.05, 4.69) is 95.5 Å². The van der Waals surface area contributed by atoms with Crippen LogP contribution in [0.1, 0.15) is 267 Å². The molecule has 6 aliphatic carbocycles. The molecule has 19 nitrogen and oxygen atoms in total. The number of methoxy groups -OCH3 is 1. The summed E-state index contributed by atoms with van der Waals surface area (Å²) in [5.41, 5.74) is 10.6. The topological polar surface area (TPSA) is 234 Å². The Morgan fingerprint density at radius 1 is 0.375 bits per heavy atom. The highest BCUT2D eigenvalue weighted by Crippen LogP contribution is 2.48. The van der Waals surface area contributed by atoms with Gasteiger partial charge in [-0.15, -0.1) is 0 Å². The summed E-state index contributed by atoms with van der Waals surface area (Å²) in [6, 6.07) is 21.1. The molecule has 6 aliphatic rings. The number of fused-ring (bicyclic) bond motifs is 6. The molecule has 0 spiro atoms. The molecule has 112 heavy (non-hydrogen) atoms. The minimum Gasteiger partial charge on any atom is -0.495 e. The van der Waals surface area contributed by atoms with Gasteiger partial charge >= 0.3 is 12.4 Å². The van der Waals surface area contributed by atoms with E-state index in [-0.39, 0.29) is 35.4 Å². The lowest BCUT2D eigenvalue weighted by Crippen LogP contribution is -2.20. The van der Waals surface area contributed by atoms with E-state index in [0.717, 1.165) is 167 Å². The fraction of sp³-hybridized carbons (Fsp3) is 0.488. The fourth-order valence-electron chi connectivity index (χ4n) is 17.1. The maximum Gasteiger partial charge on any atom is 0.418 e. The maximum atomic E-state index is 13.2. The van der Waals surface area contributed by atoms with E-state index in [0.29, 0.717) is 40.6 Å². The van der Waals surface area contributed by atoms with Crippen LogP contribution < -0.4 is 4.74 Å². The molecule has 6 fully saturated rings. The summed E-state index contributed by atoms with van der Waals surface area (Å²) < 4.78 is 95.7. The number of ether oxygens (including phenoxy) is 1. The molecule has 12 aromatic heterocycles. The van der Waals surface area contributed by atoms with Crippen molar-refractivity contribution in [1.29, 1.82) is 0 Å². The van der Waals surface area contributed by atoms with Crippen LogP contribution in [0.5, 0.6) is 5.75 Å². The molecule has 0 amide bonds. The Labute approximate surface area is 661 Å². The fourth-order valence-corrected chi connectivity index (χ4v) is 17.9. The van der Waals surface area contributed by atoms with Crippen LogP contribution in [0.3, 0.4) is 0 Å². The highest BCUT2D eigenvalue weighted by molar-refractivity contribution is 14.1. The molecule has 0 radical (unpaired) electrons. The first-order chi connectivity index (χ1) is 53.9. The molecule has 26 heteroatoms. The van der Waals surface area contributed by atoms with E-state index in [1.807, 2.05) is 75.4 Å². The van der Waals surface area contributed by atoms with Gasteiger partial charge in [-0.25, -0.2) is 29.9 Å². The zero-order chi connectivity index (χ0) is 79.1. The van der Waals surface area contributed by atoms with E-state index in [1.54, 1.807) is 32.3 Å². The number of halogens is 7. The lowest BCUT2D eigenvalue weighted by Gasteiger charge is -2.29. The van der Waals surface area contributed by atoms with E-state index >= 15 is 0 Å². The van der Waals surface area contributed by atoms with Crippen LogP contribution in [-0.2, 0) is 12.4 Å². The van der Waals surface area contributed by atoms with Gasteiger partial charge in [0.15, 0.2) is 0 Å². The van der Waals surface area contributed by atoms with Gasteiger partial charge < -0.3 is 39.8 Å². The van der Waals surface area contributed by atoms with E-state index < -0.39 is 47.9 Å². The van der Waals surface area contributed by atoms with Crippen LogP contribution in [0.4, 0.5) is 26.3 Å². The first kappa shape index (κ1) is 81.8. The minimum atomic E-state index is -4.48. The molecule has 6 saturated carbocycles. The Morgan fingerprint density at radius 3 is 1.01 bits per heavy atom. The molecule has 12 heterocycles. The van der Waals surface area contributed by atoms with Crippen LogP contribution in [0.15, 0.2) is 155 Å². The normalized spacial score (nSPS) is 18.5. The third kappa shape index (κ3) is 18.4. The predicted molar refractivity (Wildman–Crippen MR) is 426 cm³/mol. The van der Waals surface area contributed by atoms with E-state index in [4.69, 9.17) is 4.74 Å². The van der Waals surface area contributed by atoms with Crippen LogP contribution >= 0.6 is 22.6 Å². The van der Waals surface area contributed by atoms with Gasteiger partial charge in [0, 0.05) is 3.57 Å². The van der Waals surface area contributed by atoms with Crippen molar-refractivity contribution in [1.82, 2.24) is 56.3 Å². The number of hydrogen-bond acceptors (Lipinski definition) is 13.